The van der Waals surface area contributed by atoms with Crippen molar-refractivity contribution >= 4 is 11.4 Å². The SMILES string of the molecule is CC1(C)CNc2ccc(F)cc2NC1(C)C. The summed E-state index contributed by atoms with van der Waals surface area (Å²) in [5, 5.41) is 6.80. The van der Waals surface area contributed by atoms with Crippen LogP contribution >= 0.6 is 0 Å². The lowest BCUT2D eigenvalue weighted by Gasteiger charge is -2.41. The summed E-state index contributed by atoms with van der Waals surface area (Å²) in [4.78, 5) is 0. The maximum atomic E-state index is 13.2. The highest BCUT2D eigenvalue weighted by molar-refractivity contribution is 5.70. The average molecular weight is 222 g/mol. The smallest absolute Gasteiger partial charge is 0.125 e. The van der Waals surface area contributed by atoms with Crippen LogP contribution in [0, 0.1) is 11.2 Å². The fraction of sp³-hybridized carbons (Fsp3) is 0.538. The summed E-state index contributed by atoms with van der Waals surface area (Å²) < 4.78 is 13.2. The van der Waals surface area contributed by atoms with E-state index in [0.29, 0.717) is 0 Å². The van der Waals surface area contributed by atoms with Crippen LogP contribution in [0.15, 0.2) is 18.2 Å². The van der Waals surface area contributed by atoms with Gasteiger partial charge in [-0.3, -0.25) is 0 Å². The first-order valence-corrected chi connectivity index (χ1v) is 5.63. The van der Waals surface area contributed by atoms with Crippen molar-refractivity contribution in [1.29, 1.82) is 0 Å². The van der Waals surface area contributed by atoms with Crippen molar-refractivity contribution in [3.8, 4) is 0 Å². The number of fused-ring (bicyclic) bond motifs is 1. The third-order valence-corrected chi connectivity index (χ3v) is 3.84. The van der Waals surface area contributed by atoms with E-state index in [1.165, 1.54) is 6.07 Å². The molecule has 1 aromatic carbocycles. The van der Waals surface area contributed by atoms with Crippen LogP contribution in [0.3, 0.4) is 0 Å². The number of anilines is 2. The summed E-state index contributed by atoms with van der Waals surface area (Å²) in [5.41, 5.74) is 1.82. The van der Waals surface area contributed by atoms with E-state index in [1.807, 2.05) is 0 Å². The molecule has 0 fully saturated rings. The van der Waals surface area contributed by atoms with Crippen molar-refractivity contribution in [1.82, 2.24) is 0 Å². The van der Waals surface area contributed by atoms with Crippen LogP contribution in [0.4, 0.5) is 15.8 Å². The zero-order valence-electron chi connectivity index (χ0n) is 10.3. The van der Waals surface area contributed by atoms with Crippen LogP contribution in [0.5, 0.6) is 0 Å². The van der Waals surface area contributed by atoms with Crippen LogP contribution in [0.2, 0.25) is 0 Å². The monoisotopic (exact) mass is 222 g/mol. The Balaban J connectivity index is 2.44. The van der Waals surface area contributed by atoms with Gasteiger partial charge >= 0.3 is 0 Å². The molecular formula is C13H19FN2. The van der Waals surface area contributed by atoms with Gasteiger partial charge in [0.15, 0.2) is 0 Å². The Morgan fingerprint density at radius 1 is 1.12 bits per heavy atom. The molecule has 16 heavy (non-hydrogen) atoms. The summed E-state index contributed by atoms with van der Waals surface area (Å²) in [6.45, 7) is 9.57. The van der Waals surface area contributed by atoms with Crippen molar-refractivity contribution in [2.45, 2.75) is 33.2 Å². The van der Waals surface area contributed by atoms with Crippen molar-refractivity contribution < 1.29 is 4.39 Å². The normalized spacial score (nSPS) is 21.3. The lowest BCUT2D eigenvalue weighted by molar-refractivity contribution is 0.245. The first-order valence-electron chi connectivity index (χ1n) is 5.63. The second-order valence-corrected chi connectivity index (χ2v) is 5.68. The number of hydrogen-bond donors (Lipinski definition) is 2. The molecule has 2 nitrogen and oxygen atoms in total. The molecule has 0 unspecified atom stereocenters. The molecule has 0 saturated heterocycles. The average Bonchev–Trinajstić information content (AvgIpc) is 2.22. The number of nitrogens with one attached hydrogen (secondary N) is 2. The number of rotatable bonds is 0. The van der Waals surface area contributed by atoms with Gasteiger partial charge in [0.25, 0.3) is 0 Å². The number of hydrogen-bond acceptors (Lipinski definition) is 2. The standard InChI is InChI=1S/C13H19FN2/c1-12(2)8-15-10-6-5-9(14)7-11(10)16-13(12,3)4/h5-7,15-16H,8H2,1-4H3. The van der Waals surface area contributed by atoms with E-state index in [4.69, 9.17) is 0 Å². The van der Waals surface area contributed by atoms with Gasteiger partial charge in [0.2, 0.25) is 0 Å². The van der Waals surface area contributed by atoms with E-state index in [9.17, 15) is 4.39 Å². The minimum absolute atomic E-state index is 0.0843. The quantitative estimate of drug-likeness (QED) is 0.702. The Bertz CT molecular complexity index is 410. The van der Waals surface area contributed by atoms with Gasteiger partial charge in [0.05, 0.1) is 11.4 Å². The van der Waals surface area contributed by atoms with Crippen LogP contribution in [0.1, 0.15) is 27.7 Å². The van der Waals surface area contributed by atoms with E-state index in [0.717, 1.165) is 17.9 Å². The molecule has 0 atom stereocenters. The highest BCUT2D eigenvalue weighted by Gasteiger charge is 2.39. The van der Waals surface area contributed by atoms with Crippen LogP contribution in [-0.4, -0.2) is 12.1 Å². The lowest BCUT2D eigenvalue weighted by Crippen LogP contribution is -2.47. The van der Waals surface area contributed by atoms with Crippen LogP contribution in [0.25, 0.3) is 0 Å². The molecule has 1 aliphatic heterocycles. The van der Waals surface area contributed by atoms with E-state index in [-0.39, 0.29) is 16.8 Å². The fourth-order valence-corrected chi connectivity index (χ4v) is 1.82. The van der Waals surface area contributed by atoms with E-state index >= 15 is 0 Å². The van der Waals surface area contributed by atoms with E-state index < -0.39 is 0 Å². The van der Waals surface area contributed by atoms with Gasteiger partial charge in [-0.25, -0.2) is 4.39 Å². The predicted molar refractivity (Wildman–Crippen MR) is 66.4 cm³/mol. The molecule has 2 N–H and O–H groups in total. The molecule has 0 aliphatic carbocycles. The molecule has 0 radical (unpaired) electrons. The molecule has 0 spiro atoms. The summed E-state index contributed by atoms with van der Waals surface area (Å²) in [7, 11) is 0. The summed E-state index contributed by atoms with van der Waals surface area (Å²) in [6, 6.07) is 4.82. The molecule has 0 aromatic heterocycles. The summed E-state index contributed by atoms with van der Waals surface area (Å²) >= 11 is 0. The Morgan fingerprint density at radius 3 is 2.50 bits per heavy atom. The number of halogens is 1. The molecule has 0 amide bonds. The molecule has 2 rings (SSSR count). The van der Waals surface area contributed by atoms with Gasteiger partial charge in [0, 0.05) is 17.5 Å². The van der Waals surface area contributed by atoms with Crippen molar-refractivity contribution in [2.24, 2.45) is 5.41 Å². The van der Waals surface area contributed by atoms with Crippen molar-refractivity contribution in [3.05, 3.63) is 24.0 Å². The van der Waals surface area contributed by atoms with Gasteiger partial charge in [-0.1, -0.05) is 13.8 Å². The molecular weight excluding hydrogens is 203 g/mol. The first-order chi connectivity index (χ1) is 7.32. The van der Waals surface area contributed by atoms with Crippen LogP contribution in [-0.2, 0) is 0 Å². The van der Waals surface area contributed by atoms with Crippen LogP contribution < -0.4 is 10.6 Å². The molecule has 1 aromatic rings. The van der Waals surface area contributed by atoms with Gasteiger partial charge in [0.1, 0.15) is 5.82 Å². The Morgan fingerprint density at radius 2 is 1.81 bits per heavy atom. The van der Waals surface area contributed by atoms with Crippen molar-refractivity contribution in [2.75, 3.05) is 17.2 Å². The van der Waals surface area contributed by atoms with Gasteiger partial charge in [-0.15, -0.1) is 0 Å². The third kappa shape index (κ3) is 1.75. The zero-order chi connectivity index (χ0) is 12.0. The topological polar surface area (TPSA) is 24.1 Å². The minimum Gasteiger partial charge on any atom is -0.383 e. The van der Waals surface area contributed by atoms with Crippen molar-refractivity contribution in [3.63, 3.8) is 0 Å². The van der Waals surface area contributed by atoms with Gasteiger partial charge < -0.3 is 10.6 Å². The highest BCUT2D eigenvalue weighted by atomic mass is 19.1. The summed E-state index contributed by atoms with van der Waals surface area (Å²) in [5.74, 6) is -0.205. The molecule has 3 heteroatoms. The van der Waals surface area contributed by atoms with E-state index in [2.05, 4.69) is 38.3 Å². The second-order valence-electron chi connectivity index (χ2n) is 5.68. The molecule has 0 bridgehead atoms. The van der Waals surface area contributed by atoms with E-state index in [1.54, 1.807) is 12.1 Å². The Hall–Kier alpha value is -1.25. The maximum absolute atomic E-state index is 13.2. The Kier molecular flexibility index (Phi) is 2.37. The minimum atomic E-state index is -0.205. The first kappa shape index (κ1) is 11.2. The molecule has 0 saturated carbocycles. The van der Waals surface area contributed by atoms with Gasteiger partial charge in [-0.2, -0.15) is 0 Å². The van der Waals surface area contributed by atoms with Gasteiger partial charge in [-0.05, 0) is 32.0 Å². The number of benzene rings is 1. The zero-order valence-corrected chi connectivity index (χ0v) is 10.3. The molecule has 1 heterocycles. The molecule has 1 aliphatic rings. The predicted octanol–water partition coefficient (Wildman–Crippen LogP) is 3.47. The Labute approximate surface area is 96.2 Å². The second kappa shape index (κ2) is 3.37. The largest absolute Gasteiger partial charge is 0.383 e. The lowest BCUT2D eigenvalue weighted by atomic mass is 9.74. The molecule has 88 valence electrons. The summed E-state index contributed by atoms with van der Waals surface area (Å²) in [6.07, 6.45) is 0. The fourth-order valence-electron chi connectivity index (χ4n) is 1.82. The highest BCUT2D eigenvalue weighted by Crippen LogP contribution is 2.39. The maximum Gasteiger partial charge on any atom is 0.125 e. The third-order valence-electron chi connectivity index (χ3n) is 3.84.